The highest BCUT2D eigenvalue weighted by Crippen LogP contribution is 2.23. The van der Waals surface area contributed by atoms with Crippen LogP contribution in [0.3, 0.4) is 0 Å². The second-order valence-electron chi connectivity index (χ2n) is 6.00. The van der Waals surface area contributed by atoms with E-state index in [1.54, 1.807) is 0 Å². The Morgan fingerprint density at radius 2 is 1.81 bits per heavy atom. The molecule has 1 N–H and O–H groups in total. The third-order valence-electron chi connectivity index (χ3n) is 4.00. The number of hydrogen-bond donors (Lipinski definition) is 1. The number of ether oxygens (including phenoxy) is 1. The Balaban J connectivity index is 1.47. The van der Waals surface area contributed by atoms with Gasteiger partial charge in [0.2, 0.25) is 10.0 Å². The molecule has 0 saturated carbocycles. The van der Waals surface area contributed by atoms with Crippen molar-refractivity contribution in [3.63, 3.8) is 0 Å². The fraction of sp³-hybridized carbons (Fsp3) is 0.250. The van der Waals surface area contributed by atoms with Crippen LogP contribution in [0, 0.1) is 0 Å². The van der Waals surface area contributed by atoms with Crippen LogP contribution in [0.5, 0.6) is 5.75 Å². The summed E-state index contributed by atoms with van der Waals surface area (Å²) < 4.78 is 32.4. The van der Waals surface area contributed by atoms with Gasteiger partial charge in [-0.2, -0.15) is 0 Å². The second kappa shape index (κ2) is 9.12. The zero-order chi connectivity index (χ0) is 19.1. The molecule has 0 unspecified atom stereocenters. The van der Waals surface area contributed by atoms with Gasteiger partial charge in [0, 0.05) is 10.9 Å². The number of thiazole rings is 1. The number of nitrogens with one attached hydrogen (secondary N) is 1. The van der Waals surface area contributed by atoms with E-state index in [1.807, 2.05) is 60.0 Å². The van der Waals surface area contributed by atoms with Crippen LogP contribution in [-0.4, -0.2) is 25.8 Å². The van der Waals surface area contributed by atoms with Crippen LogP contribution in [0.4, 0.5) is 0 Å². The van der Waals surface area contributed by atoms with Crippen molar-refractivity contribution in [1.29, 1.82) is 0 Å². The van der Waals surface area contributed by atoms with Gasteiger partial charge >= 0.3 is 0 Å². The van der Waals surface area contributed by atoms with Gasteiger partial charge in [-0.05, 0) is 24.1 Å². The van der Waals surface area contributed by atoms with E-state index >= 15 is 0 Å². The summed E-state index contributed by atoms with van der Waals surface area (Å²) in [6.45, 7) is 2.36. The lowest BCUT2D eigenvalue weighted by Crippen LogP contribution is -2.28. The van der Waals surface area contributed by atoms with Crippen molar-refractivity contribution in [2.75, 3.05) is 12.4 Å². The molecule has 0 aliphatic carbocycles. The fourth-order valence-corrected chi connectivity index (χ4v) is 4.09. The summed E-state index contributed by atoms with van der Waals surface area (Å²) in [7, 11) is -3.43. The lowest BCUT2D eigenvalue weighted by Gasteiger charge is -2.08. The lowest BCUT2D eigenvalue weighted by molar-refractivity contribution is 0.340. The largest absolute Gasteiger partial charge is 0.492 e. The molecule has 1 heterocycles. The van der Waals surface area contributed by atoms with Crippen molar-refractivity contribution in [1.82, 2.24) is 9.71 Å². The first kappa shape index (κ1) is 19.5. The molecular weight excluding hydrogens is 380 g/mol. The Morgan fingerprint density at radius 1 is 1.07 bits per heavy atom. The first-order valence-electron chi connectivity index (χ1n) is 8.74. The molecule has 0 fully saturated rings. The summed E-state index contributed by atoms with van der Waals surface area (Å²) in [4.78, 5) is 4.49. The molecule has 3 rings (SSSR count). The molecule has 0 atom stereocenters. The van der Waals surface area contributed by atoms with E-state index < -0.39 is 10.0 Å². The topological polar surface area (TPSA) is 68.3 Å². The van der Waals surface area contributed by atoms with Gasteiger partial charge in [-0.1, -0.05) is 49.4 Å². The smallest absolute Gasteiger partial charge is 0.215 e. The molecule has 5 nitrogen and oxygen atoms in total. The molecule has 0 amide bonds. The summed E-state index contributed by atoms with van der Waals surface area (Å²) in [6.07, 6.45) is 0.960. The standard InChI is InChI=1S/C20H22N2O3S2/c1-2-16-8-10-19(11-9-16)25-12-13-27(23,24)21-14-18-15-26-20(22-18)17-6-4-3-5-7-17/h3-11,15,21H,2,12-14H2,1H3. The number of rotatable bonds is 9. The van der Waals surface area contributed by atoms with Gasteiger partial charge in [0.15, 0.2) is 0 Å². The van der Waals surface area contributed by atoms with Crippen LogP contribution in [0.2, 0.25) is 0 Å². The zero-order valence-corrected chi connectivity index (χ0v) is 16.7. The van der Waals surface area contributed by atoms with Gasteiger partial charge in [0.05, 0.1) is 18.0 Å². The third-order valence-corrected chi connectivity index (χ3v) is 6.23. The molecule has 0 radical (unpaired) electrons. The van der Waals surface area contributed by atoms with Gasteiger partial charge < -0.3 is 4.74 Å². The second-order valence-corrected chi connectivity index (χ2v) is 8.78. The van der Waals surface area contributed by atoms with E-state index in [4.69, 9.17) is 4.74 Å². The molecule has 0 aliphatic heterocycles. The predicted octanol–water partition coefficient (Wildman–Crippen LogP) is 3.87. The normalized spacial score (nSPS) is 11.4. The minimum absolute atomic E-state index is 0.0990. The van der Waals surface area contributed by atoms with Gasteiger partial charge in [-0.15, -0.1) is 11.3 Å². The van der Waals surface area contributed by atoms with Gasteiger partial charge in [-0.3, -0.25) is 0 Å². The van der Waals surface area contributed by atoms with Crippen LogP contribution < -0.4 is 9.46 Å². The molecule has 2 aromatic carbocycles. The van der Waals surface area contributed by atoms with Crippen molar-refractivity contribution in [2.45, 2.75) is 19.9 Å². The number of benzene rings is 2. The maximum Gasteiger partial charge on any atom is 0.215 e. The number of sulfonamides is 1. The van der Waals surface area contributed by atoms with Crippen molar-refractivity contribution in [3.05, 3.63) is 71.2 Å². The maximum atomic E-state index is 12.2. The predicted molar refractivity (Wildman–Crippen MR) is 109 cm³/mol. The molecule has 0 spiro atoms. The lowest BCUT2D eigenvalue weighted by atomic mass is 10.2. The number of aryl methyl sites for hydroxylation is 1. The quantitative estimate of drug-likeness (QED) is 0.590. The molecule has 3 aromatic rings. The highest BCUT2D eigenvalue weighted by atomic mass is 32.2. The van der Waals surface area contributed by atoms with Gasteiger partial charge in [0.1, 0.15) is 17.4 Å². The Morgan fingerprint density at radius 3 is 2.52 bits per heavy atom. The van der Waals surface area contributed by atoms with Crippen molar-refractivity contribution in [2.24, 2.45) is 0 Å². The highest BCUT2D eigenvalue weighted by Gasteiger charge is 2.12. The van der Waals surface area contributed by atoms with Gasteiger partial charge in [-0.25, -0.2) is 18.1 Å². The van der Waals surface area contributed by atoms with Crippen LogP contribution >= 0.6 is 11.3 Å². The van der Waals surface area contributed by atoms with Crippen molar-refractivity contribution >= 4 is 21.4 Å². The Labute approximate surface area is 164 Å². The number of nitrogens with zero attached hydrogens (tertiary/aromatic N) is 1. The molecule has 0 saturated heterocycles. The number of hydrogen-bond acceptors (Lipinski definition) is 5. The minimum atomic E-state index is -3.43. The van der Waals surface area contributed by atoms with E-state index in [0.29, 0.717) is 11.4 Å². The molecule has 142 valence electrons. The first-order valence-corrected chi connectivity index (χ1v) is 11.3. The Kier molecular flexibility index (Phi) is 6.60. The van der Waals surface area contributed by atoms with E-state index in [1.165, 1.54) is 16.9 Å². The molecular formula is C20H22N2O3S2. The summed E-state index contributed by atoms with van der Waals surface area (Å²) >= 11 is 1.50. The average molecular weight is 403 g/mol. The average Bonchev–Trinajstić information content (AvgIpc) is 3.17. The Hall–Kier alpha value is -2.22. The molecule has 1 aromatic heterocycles. The molecule has 0 aliphatic rings. The summed E-state index contributed by atoms with van der Waals surface area (Å²) in [5.41, 5.74) is 2.95. The SMILES string of the molecule is CCc1ccc(OCCS(=O)(=O)NCc2csc(-c3ccccc3)n2)cc1. The fourth-order valence-electron chi connectivity index (χ4n) is 2.45. The van der Waals surface area contributed by atoms with Crippen LogP contribution in [0.15, 0.2) is 60.0 Å². The van der Waals surface area contributed by atoms with E-state index in [0.717, 1.165) is 17.0 Å². The van der Waals surface area contributed by atoms with Gasteiger partial charge in [0.25, 0.3) is 0 Å². The summed E-state index contributed by atoms with van der Waals surface area (Å²) in [5.74, 6) is 0.576. The monoisotopic (exact) mass is 402 g/mol. The van der Waals surface area contributed by atoms with E-state index in [2.05, 4.69) is 16.6 Å². The van der Waals surface area contributed by atoms with Crippen molar-refractivity contribution < 1.29 is 13.2 Å². The third kappa shape index (κ3) is 5.89. The minimum Gasteiger partial charge on any atom is -0.492 e. The summed E-state index contributed by atoms with van der Waals surface area (Å²) in [6, 6.07) is 17.5. The van der Waals surface area contributed by atoms with E-state index in [-0.39, 0.29) is 18.9 Å². The van der Waals surface area contributed by atoms with Crippen molar-refractivity contribution in [3.8, 4) is 16.3 Å². The maximum absolute atomic E-state index is 12.2. The van der Waals surface area contributed by atoms with E-state index in [9.17, 15) is 8.42 Å². The zero-order valence-electron chi connectivity index (χ0n) is 15.1. The molecule has 27 heavy (non-hydrogen) atoms. The number of aromatic nitrogens is 1. The first-order chi connectivity index (χ1) is 13.1. The highest BCUT2D eigenvalue weighted by molar-refractivity contribution is 7.89. The molecule has 0 bridgehead atoms. The molecule has 7 heteroatoms. The van der Waals surface area contributed by atoms with Crippen LogP contribution in [0.25, 0.3) is 10.6 Å². The van der Waals surface area contributed by atoms with Crippen LogP contribution in [0.1, 0.15) is 18.2 Å². The summed E-state index contributed by atoms with van der Waals surface area (Å²) in [5, 5.41) is 2.75. The Bertz CT molecular complexity index is 952. The van der Waals surface area contributed by atoms with Crippen LogP contribution in [-0.2, 0) is 23.0 Å².